The lowest BCUT2D eigenvalue weighted by Crippen LogP contribution is -2.38. The highest BCUT2D eigenvalue weighted by Gasteiger charge is 2.15. The second-order valence-corrected chi connectivity index (χ2v) is 3.08. The Hall–Kier alpha value is -0.570. The van der Waals surface area contributed by atoms with E-state index < -0.39 is 0 Å². The molecule has 1 amide bonds. The average molecular weight is 156 g/mol. The maximum absolute atomic E-state index is 11.0. The predicted octanol–water partition coefficient (Wildman–Crippen LogP) is 0.265. The van der Waals surface area contributed by atoms with Crippen LogP contribution < -0.4 is 10.6 Å². The molecule has 0 aromatic heterocycles. The number of hydrogen-bond acceptors (Lipinski definition) is 2. The van der Waals surface area contributed by atoms with Gasteiger partial charge in [0.05, 0.1) is 6.54 Å². The zero-order valence-electron chi connectivity index (χ0n) is 7.02. The van der Waals surface area contributed by atoms with Crippen molar-refractivity contribution >= 4 is 5.91 Å². The SMILES string of the molecule is CNCC(=O)NC1CCCC1. The topological polar surface area (TPSA) is 41.1 Å². The standard InChI is InChI=1S/C8H16N2O/c1-9-6-8(11)10-7-4-2-3-5-7/h7,9H,2-6H2,1H3,(H,10,11). The van der Waals surface area contributed by atoms with E-state index >= 15 is 0 Å². The van der Waals surface area contributed by atoms with Gasteiger partial charge in [-0.05, 0) is 19.9 Å². The van der Waals surface area contributed by atoms with Crippen LogP contribution >= 0.6 is 0 Å². The largest absolute Gasteiger partial charge is 0.352 e. The first kappa shape index (κ1) is 8.53. The summed E-state index contributed by atoms with van der Waals surface area (Å²) in [5.41, 5.74) is 0. The van der Waals surface area contributed by atoms with Gasteiger partial charge < -0.3 is 10.6 Å². The quantitative estimate of drug-likeness (QED) is 0.615. The summed E-state index contributed by atoms with van der Waals surface area (Å²) in [6, 6.07) is 0.454. The lowest BCUT2D eigenvalue weighted by molar-refractivity contribution is -0.120. The van der Waals surface area contributed by atoms with Gasteiger partial charge in [-0.2, -0.15) is 0 Å². The van der Waals surface area contributed by atoms with Crippen LogP contribution in [-0.4, -0.2) is 25.5 Å². The molecule has 11 heavy (non-hydrogen) atoms. The summed E-state index contributed by atoms with van der Waals surface area (Å²) < 4.78 is 0. The first-order valence-corrected chi connectivity index (χ1v) is 4.27. The Morgan fingerprint density at radius 1 is 1.45 bits per heavy atom. The minimum absolute atomic E-state index is 0.124. The van der Waals surface area contributed by atoms with E-state index in [1.165, 1.54) is 12.8 Å². The van der Waals surface area contributed by atoms with E-state index in [1.807, 2.05) is 0 Å². The van der Waals surface area contributed by atoms with Crippen molar-refractivity contribution in [1.29, 1.82) is 0 Å². The summed E-state index contributed by atoms with van der Waals surface area (Å²) in [6.45, 7) is 0.441. The highest BCUT2D eigenvalue weighted by Crippen LogP contribution is 2.17. The molecule has 3 heteroatoms. The van der Waals surface area contributed by atoms with Gasteiger partial charge in [-0.15, -0.1) is 0 Å². The highest BCUT2D eigenvalue weighted by molar-refractivity contribution is 5.78. The van der Waals surface area contributed by atoms with Crippen molar-refractivity contribution in [2.24, 2.45) is 0 Å². The Morgan fingerprint density at radius 2 is 2.09 bits per heavy atom. The van der Waals surface area contributed by atoms with Crippen molar-refractivity contribution < 1.29 is 4.79 Å². The van der Waals surface area contributed by atoms with E-state index in [2.05, 4.69) is 10.6 Å². The lowest BCUT2D eigenvalue weighted by Gasteiger charge is -2.10. The molecule has 0 atom stereocenters. The van der Waals surface area contributed by atoms with Crippen LogP contribution in [0.3, 0.4) is 0 Å². The molecule has 0 saturated heterocycles. The highest BCUT2D eigenvalue weighted by atomic mass is 16.1. The summed E-state index contributed by atoms with van der Waals surface area (Å²) in [7, 11) is 1.79. The van der Waals surface area contributed by atoms with E-state index in [0.29, 0.717) is 12.6 Å². The van der Waals surface area contributed by atoms with Crippen molar-refractivity contribution in [1.82, 2.24) is 10.6 Å². The van der Waals surface area contributed by atoms with E-state index in [1.54, 1.807) is 7.05 Å². The van der Waals surface area contributed by atoms with Crippen molar-refractivity contribution in [3.8, 4) is 0 Å². The van der Waals surface area contributed by atoms with Gasteiger partial charge in [-0.25, -0.2) is 0 Å². The van der Waals surface area contributed by atoms with Crippen molar-refractivity contribution in [2.75, 3.05) is 13.6 Å². The smallest absolute Gasteiger partial charge is 0.234 e. The third-order valence-electron chi connectivity index (χ3n) is 2.06. The molecular formula is C8H16N2O. The van der Waals surface area contributed by atoms with Gasteiger partial charge in [0.15, 0.2) is 0 Å². The molecule has 0 bridgehead atoms. The molecule has 2 N–H and O–H groups in total. The number of likely N-dealkylation sites (N-methyl/N-ethyl adjacent to an activating group) is 1. The molecular weight excluding hydrogens is 140 g/mol. The molecule has 0 heterocycles. The lowest BCUT2D eigenvalue weighted by atomic mass is 10.2. The van der Waals surface area contributed by atoms with E-state index in [9.17, 15) is 4.79 Å². The number of carbonyl (C=O) groups excluding carboxylic acids is 1. The van der Waals surface area contributed by atoms with Crippen LogP contribution in [0.25, 0.3) is 0 Å². The predicted molar refractivity (Wildman–Crippen MR) is 44.3 cm³/mol. The number of carbonyl (C=O) groups is 1. The van der Waals surface area contributed by atoms with Crippen LogP contribution in [0, 0.1) is 0 Å². The zero-order valence-corrected chi connectivity index (χ0v) is 7.02. The van der Waals surface area contributed by atoms with E-state index in [0.717, 1.165) is 12.8 Å². The fraction of sp³-hybridized carbons (Fsp3) is 0.875. The van der Waals surface area contributed by atoms with Crippen LogP contribution in [-0.2, 0) is 4.79 Å². The minimum atomic E-state index is 0.124. The van der Waals surface area contributed by atoms with Crippen molar-refractivity contribution in [2.45, 2.75) is 31.7 Å². The van der Waals surface area contributed by atoms with E-state index in [-0.39, 0.29) is 5.91 Å². The first-order valence-electron chi connectivity index (χ1n) is 4.27. The van der Waals surface area contributed by atoms with Gasteiger partial charge in [-0.3, -0.25) is 4.79 Å². The molecule has 0 radical (unpaired) electrons. The van der Waals surface area contributed by atoms with Crippen LogP contribution in [0.1, 0.15) is 25.7 Å². The molecule has 0 aromatic rings. The molecule has 1 fully saturated rings. The minimum Gasteiger partial charge on any atom is -0.352 e. The van der Waals surface area contributed by atoms with Crippen LogP contribution in [0.5, 0.6) is 0 Å². The molecule has 0 unspecified atom stereocenters. The molecule has 3 nitrogen and oxygen atoms in total. The molecule has 64 valence electrons. The zero-order chi connectivity index (χ0) is 8.10. The summed E-state index contributed by atoms with van der Waals surface area (Å²) in [5.74, 6) is 0.124. The Bertz CT molecular complexity index is 130. The van der Waals surface area contributed by atoms with Gasteiger partial charge in [0.1, 0.15) is 0 Å². The van der Waals surface area contributed by atoms with Gasteiger partial charge in [0.25, 0.3) is 0 Å². The van der Waals surface area contributed by atoms with Crippen LogP contribution in [0.15, 0.2) is 0 Å². The van der Waals surface area contributed by atoms with Gasteiger partial charge >= 0.3 is 0 Å². The third kappa shape index (κ3) is 2.89. The summed E-state index contributed by atoms with van der Waals surface area (Å²) in [4.78, 5) is 11.0. The Labute approximate surface area is 67.5 Å². The fourth-order valence-electron chi connectivity index (χ4n) is 1.51. The molecule has 0 spiro atoms. The second kappa shape index (κ2) is 4.34. The number of rotatable bonds is 3. The van der Waals surface area contributed by atoms with Crippen molar-refractivity contribution in [3.05, 3.63) is 0 Å². The van der Waals surface area contributed by atoms with Crippen molar-refractivity contribution in [3.63, 3.8) is 0 Å². The maximum atomic E-state index is 11.0. The number of amides is 1. The average Bonchev–Trinajstić information content (AvgIpc) is 2.40. The molecule has 1 aliphatic rings. The first-order chi connectivity index (χ1) is 5.33. The summed E-state index contributed by atoms with van der Waals surface area (Å²) >= 11 is 0. The number of nitrogens with one attached hydrogen (secondary N) is 2. The molecule has 1 rings (SSSR count). The summed E-state index contributed by atoms with van der Waals surface area (Å²) in [6.07, 6.45) is 4.86. The third-order valence-corrected chi connectivity index (χ3v) is 2.06. The normalized spacial score (nSPS) is 18.6. The van der Waals surface area contributed by atoms with E-state index in [4.69, 9.17) is 0 Å². The molecule has 1 saturated carbocycles. The maximum Gasteiger partial charge on any atom is 0.234 e. The number of hydrogen-bond donors (Lipinski definition) is 2. The second-order valence-electron chi connectivity index (χ2n) is 3.08. The van der Waals surface area contributed by atoms with Gasteiger partial charge in [0, 0.05) is 6.04 Å². The Morgan fingerprint density at radius 3 is 2.64 bits per heavy atom. The van der Waals surface area contributed by atoms with Crippen LogP contribution in [0.4, 0.5) is 0 Å². The fourth-order valence-corrected chi connectivity index (χ4v) is 1.51. The molecule has 1 aliphatic carbocycles. The monoisotopic (exact) mass is 156 g/mol. The van der Waals surface area contributed by atoms with Gasteiger partial charge in [0.2, 0.25) is 5.91 Å². The van der Waals surface area contributed by atoms with Gasteiger partial charge in [-0.1, -0.05) is 12.8 Å². The molecule has 0 aromatic carbocycles. The summed E-state index contributed by atoms with van der Waals surface area (Å²) in [5, 5.41) is 5.81. The van der Waals surface area contributed by atoms with Crippen LogP contribution in [0.2, 0.25) is 0 Å². The Balaban J connectivity index is 2.13. The molecule has 0 aliphatic heterocycles. The Kier molecular flexibility index (Phi) is 3.36.